The van der Waals surface area contributed by atoms with Crippen LogP contribution < -0.4 is 0 Å². The second-order valence-corrected chi connectivity index (χ2v) is 11.4. The summed E-state index contributed by atoms with van der Waals surface area (Å²) in [5.74, 6) is 1.62. The lowest BCUT2D eigenvalue weighted by Crippen LogP contribution is -1.96. The minimum atomic E-state index is 0.706. The van der Waals surface area contributed by atoms with Gasteiger partial charge in [0.25, 0.3) is 0 Å². The highest BCUT2D eigenvalue weighted by Crippen LogP contribution is 2.32. The molecule has 0 radical (unpaired) electrons. The highest BCUT2D eigenvalue weighted by Gasteiger charge is 2.17. The summed E-state index contributed by atoms with van der Waals surface area (Å²) in [6.45, 7) is 0. The number of fused-ring (bicyclic) bond motifs is 5. The molecule has 0 saturated heterocycles. The first-order chi connectivity index (χ1) is 22.8. The van der Waals surface area contributed by atoms with Crippen molar-refractivity contribution in [1.82, 2.24) is 23.9 Å². The van der Waals surface area contributed by atoms with E-state index in [1.54, 1.807) is 0 Å². The van der Waals surface area contributed by atoms with Gasteiger partial charge in [0.05, 0.1) is 33.5 Å². The van der Waals surface area contributed by atoms with Crippen molar-refractivity contribution in [2.24, 2.45) is 0 Å². The SMILES string of the molecule is c1ccc(-c2cc(-c3ccccc3)nc(-c3ccc(-c4ccc(-n5c6ccccc6n6c7ccccc7nc56)cc4)cc3)n2)cc1. The molecule has 0 atom stereocenters. The van der Waals surface area contributed by atoms with Gasteiger partial charge in [-0.15, -0.1) is 0 Å². The molecule has 0 aliphatic carbocycles. The fraction of sp³-hybridized carbons (Fsp3) is 0. The zero-order valence-corrected chi connectivity index (χ0v) is 24.8. The summed E-state index contributed by atoms with van der Waals surface area (Å²) in [6, 6.07) is 56.6. The summed E-state index contributed by atoms with van der Waals surface area (Å²) in [6.07, 6.45) is 0. The Labute approximate surface area is 265 Å². The van der Waals surface area contributed by atoms with Crippen LogP contribution in [0.3, 0.4) is 0 Å². The van der Waals surface area contributed by atoms with Crippen molar-refractivity contribution in [2.45, 2.75) is 0 Å². The number of aromatic nitrogens is 5. The molecular weight excluding hydrogens is 562 g/mol. The standard InChI is InChI=1S/C41H27N5/c1-3-11-30(12-4-1)35-27-36(31-13-5-2-6-14-31)43-40(42-35)32-21-19-28(20-22-32)29-23-25-33(26-24-29)45-38-17-9-10-18-39(38)46-37-16-8-7-15-34(37)44-41(45)46/h1-27H. The maximum Gasteiger partial charge on any atom is 0.220 e. The number of para-hydroxylation sites is 4. The third-order valence-electron chi connectivity index (χ3n) is 8.57. The smallest absolute Gasteiger partial charge is 0.220 e. The average molecular weight is 590 g/mol. The van der Waals surface area contributed by atoms with E-state index in [1.165, 1.54) is 0 Å². The minimum Gasteiger partial charge on any atom is -0.278 e. The number of nitrogens with zero attached hydrogens (tertiary/aromatic N) is 5. The van der Waals surface area contributed by atoms with Gasteiger partial charge >= 0.3 is 0 Å². The molecule has 5 nitrogen and oxygen atoms in total. The maximum atomic E-state index is 5.01. The zero-order chi connectivity index (χ0) is 30.5. The van der Waals surface area contributed by atoms with E-state index < -0.39 is 0 Å². The molecule has 0 amide bonds. The van der Waals surface area contributed by atoms with Crippen LogP contribution in [-0.2, 0) is 0 Å². The van der Waals surface area contributed by atoms with E-state index in [-0.39, 0.29) is 0 Å². The molecule has 46 heavy (non-hydrogen) atoms. The molecule has 0 unspecified atom stereocenters. The molecule has 9 aromatic rings. The van der Waals surface area contributed by atoms with Gasteiger partial charge in [-0.2, -0.15) is 0 Å². The van der Waals surface area contributed by atoms with E-state index >= 15 is 0 Å². The van der Waals surface area contributed by atoms with Crippen LogP contribution in [0.25, 0.3) is 78.6 Å². The Morgan fingerprint density at radius 3 is 1.50 bits per heavy atom. The van der Waals surface area contributed by atoms with E-state index in [0.29, 0.717) is 5.82 Å². The van der Waals surface area contributed by atoms with Crippen LogP contribution in [0.1, 0.15) is 0 Å². The van der Waals surface area contributed by atoms with Crippen LogP contribution in [0.5, 0.6) is 0 Å². The second kappa shape index (κ2) is 10.7. The van der Waals surface area contributed by atoms with E-state index in [0.717, 1.165) is 72.7 Å². The van der Waals surface area contributed by atoms with Crippen LogP contribution in [0.15, 0.2) is 164 Å². The first-order valence-corrected chi connectivity index (χ1v) is 15.4. The van der Waals surface area contributed by atoms with E-state index in [4.69, 9.17) is 15.0 Å². The Kier molecular flexibility index (Phi) is 6.06. The van der Waals surface area contributed by atoms with Crippen molar-refractivity contribution >= 4 is 27.8 Å². The summed E-state index contributed by atoms with van der Waals surface area (Å²) in [5.41, 5.74) is 12.6. The largest absolute Gasteiger partial charge is 0.278 e. The average Bonchev–Trinajstić information content (AvgIpc) is 3.67. The van der Waals surface area contributed by atoms with Crippen molar-refractivity contribution < 1.29 is 0 Å². The minimum absolute atomic E-state index is 0.706. The number of benzene rings is 6. The maximum absolute atomic E-state index is 5.01. The van der Waals surface area contributed by atoms with E-state index in [9.17, 15) is 0 Å². The molecule has 3 heterocycles. The fourth-order valence-electron chi connectivity index (χ4n) is 6.31. The molecule has 5 heteroatoms. The van der Waals surface area contributed by atoms with Gasteiger partial charge in [-0.3, -0.25) is 8.97 Å². The third kappa shape index (κ3) is 4.37. The van der Waals surface area contributed by atoms with Crippen molar-refractivity contribution in [3.8, 4) is 50.7 Å². The fourth-order valence-corrected chi connectivity index (χ4v) is 6.31. The lowest BCUT2D eigenvalue weighted by Gasteiger charge is -2.10. The van der Waals surface area contributed by atoms with Crippen molar-refractivity contribution in [1.29, 1.82) is 0 Å². The number of hydrogen-bond donors (Lipinski definition) is 0. The van der Waals surface area contributed by atoms with Crippen molar-refractivity contribution in [2.75, 3.05) is 0 Å². The Hall–Kier alpha value is -6.33. The molecule has 9 rings (SSSR count). The molecule has 0 spiro atoms. The van der Waals surface area contributed by atoms with Crippen LogP contribution in [0.2, 0.25) is 0 Å². The molecular formula is C41H27N5. The predicted octanol–water partition coefficient (Wildman–Crippen LogP) is 9.89. The summed E-state index contributed by atoms with van der Waals surface area (Å²) in [5, 5.41) is 0. The Bertz CT molecular complexity index is 2430. The number of imidazole rings is 2. The molecule has 0 saturated carbocycles. The van der Waals surface area contributed by atoms with Gasteiger partial charge in [-0.05, 0) is 53.6 Å². The summed E-state index contributed by atoms with van der Waals surface area (Å²) < 4.78 is 4.49. The lowest BCUT2D eigenvalue weighted by molar-refractivity contribution is 1.11. The monoisotopic (exact) mass is 589 g/mol. The second-order valence-electron chi connectivity index (χ2n) is 11.4. The quantitative estimate of drug-likeness (QED) is 0.201. The van der Waals surface area contributed by atoms with E-state index in [1.807, 2.05) is 42.5 Å². The molecule has 0 aliphatic rings. The van der Waals surface area contributed by atoms with Gasteiger partial charge in [0, 0.05) is 22.4 Å². The summed E-state index contributed by atoms with van der Waals surface area (Å²) in [7, 11) is 0. The van der Waals surface area contributed by atoms with Crippen LogP contribution >= 0.6 is 0 Å². The molecule has 3 aromatic heterocycles. The molecule has 0 N–H and O–H groups in total. The third-order valence-corrected chi connectivity index (χ3v) is 8.57. The normalized spacial score (nSPS) is 11.5. The molecule has 216 valence electrons. The molecule has 0 aliphatic heterocycles. The Balaban J connectivity index is 1.08. The molecule has 0 bridgehead atoms. The van der Waals surface area contributed by atoms with Gasteiger partial charge in [0.1, 0.15) is 0 Å². The molecule has 6 aromatic carbocycles. The molecule has 0 fully saturated rings. The zero-order valence-electron chi connectivity index (χ0n) is 24.8. The van der Waals surface area contributed by atoms with Crippen LogP contribution in [-0.4, -0.2) is 23.9 Å². The van der Waals surface area contributed by atoms with Gasteiger partial charge in [0.2, 0.25) is 5.78 Å². The number of rotatable bonds is 5. The van der Waals surface area contributed by atoms with Crippen LogP contribution in [0, 0.1) is 0 Å². The summed E-state index contributed by atoms with van der Waals surface area (Å²) in [4.78, 5) is 15.0. The summed E-state index contributed by atoms with van der Waals surface area (Å²) >= 11 is 0. The van der Waals surface area contributed by atoms with Crippen molar-refractivity contribution in [3.05, 3.63) is 164 Å². The van der Waals surface area contributed by atoms with Crippen molar-refractivity contribution in [3.63, 3.8) is 0 Å². The van der Waals surface area contributed by atoms with Gasteiger partial charge in [-0.25, -0.2) is 15.0 Å². The highest BCUT2D eigenvalue weighted by molar-refractivity contribution is 5.92. The topological polar surface area (TPSA) is 48.0 Å². The predicted molar refractivity (Wildman–Crippen MR) is 187 cm³/mol. The first kappa shape index (κ1) is 26.1. The lowest BCUT2D eigenvalue weighted by atomic mass is 10.0. The van der Waals surface area contributed by atoms with Gasteiger partial charge in [-0.1, -0.05) is 121 Å². The Morgan fingerprint density at radius 2 is 0.870 bits per heavy atom. The number of hydrogen-bond acceptors (Lipinski definition) is 3. The highest BCUT2D eigenvalue weighted by atomic mass is 15.2. The van der Waals surface area contributed by atoms with Gasteiger partial charge in [0.15, 0.2) is 5.82 Å². The van der Waals surface area contributed by atoms with E-state index in [2.05, 4.69) is 130 Å². The van der Waals surface area contributed by atoms with Gasteiger partial charge < -0.3 is 0 Å². The first-order valence-electron chi connectivity index (χ1n) is 15.4. The van der Waals surface area contributed by atoms with Crippen LogP contribution in [0.4, 0.5) is 0 Å². The Morgan fingerprint density at radius 1 is 0.370 bits per heavy atom.